The van der Waals surface area contributed by atoms with E-state index in [1.54, 1.807) is 0 Å². The van der Waals surface area contributed by atoms with Crippen molar-refractivity contribution in [3.63, 3.8) is 0 Å². The molecule has 0 aliphatic heterocycles. The third kappa shape index (κ3) is 3.35. The standard InChI is InChI=1S/C17H28N4O/c1-17(18)10-6-5-9-13(17)16(22)19-15-11-14(20-21-15)12-7-3-2-4-8-12/h11-13H,2-10,18H2,1H3,(H2,19,20,21,22). The Balaban J connectivity index is 1.63. The van der Waals surface area contributed by atoms with Crippen LogP contribution in [0.25, 0.3) is 0 Å². The molecule has 0 spiro atoms. The van der Waals surface area contributed by atoms with Crippen LogP contribution in [0.3, 0.4) is 0 Å². The fourth-order valence-electron chi connectivity index (χ4n) is 4.03. The van der Waals surface area contributed by atoms with Crippen molar-refractivity contribution in [2.24, 2.45) is 11.7 Å². The van der Waals surface area contributed by atoms with Crippen molar-refractivity contribution < 1.29 is 4.79 Å². The van der Waals surface area contributed by atoms with Gasteiger partial charge in [-0.3, -0.25) is 9.89 Å². The number of hydrogen-bond acceptors (Lipinski definition) is 3. The van der Waals surface area contributed by atoms with Crippen molar-refractivity contribution in [3.8, 4) is 0 Å². The number of nitrogens with one attached hydrogen (secondary N) is 2. The molecule has 4 N–H and O–H groups in total. The first-order chi connectivity index (χ1) is 10.6. The Morgan fingerprint density at radius 1 is 1.27 bits per heavy atom. The van der Waals surface area contributed by atoms with Crippen LogP contribution in [-0.4, -0.2) is 21.6 Å². The summed E-state index contributed by atoms with van der Waals surface area (Å²) < 4.78 is 0. The van der Waals surface area contributed by atoms with Crippen molar-refractivity contribution >= 4 is 11.7 Å². The Labute approximate surface area is 132 Å². The SMILES string of the molecule is CC1(N)CCCCC1C(=O)Nc1cc(C2CCCCC2)[nH]n1. The van der Waals surface area contributed by atoms with Gasteiger partial charge >= 0.3 is 0 Å². The van der Waals surface area contributed by atoms with Crippen molar-refractivity contribution in [2.45, 2.75) is 76.2 Å². The van der Waals surface area contributed by atoms with Crippen LogP contribution in [-0.2, 0) is 4.79 Å². The number of rotatable bonds is 3. The van der Waals surface area contributed by atoms with E-state index < -0.39 is 5.54 Å². The minimum Gasteiger partial charge on any atom is -0.325 e. The van der Waals surface area contributed by atoms with E-state index in [-0.39, 0.29) is 11.8 Å². The lowest BCUT2D eigenvalue weighted by Crippen LogP contribution is -2.51. The van der Waals surface area contributed by atoms with Gasteiger partial charge in [0.05, 0.1) is 5.92 Å². The summed E-state index contributed by atoms with van der Waals surface area (Å²) >= 11 is 0. The number of anilines is 1. The third-order valence-corrected chi connectivity index (χ3v) is 5.46. The Morgan fingerprint density at radius 3 is 2.73 bits per heavy atom. The van der Waals surface area contributed by atoms with E-state index in [0.717, 1.165) is 31.4 Å². The van der Waals surface area contributed by atoms with E-state index in [1.807, 2.05) is 13.0 Å². The minimum atomic E-state index is -0.398. The second kappa shape index (κ2) is 6.41. The maximum absolute atomic E-state index is 12.5. The van der Waals surface area contributed by atoms with Crippen LogP contribution in [0.2, 0.25) is 0 Å². The summed E-state index contributed by atoms with van der Waals surface area (Å²) in [6, 6.07) is 2.00. The summed E-state index contributed by atoms with van der Waals surface area (Å²) in [5.41, 5.74) is 7.07. The van der Waals surface area contributed by atoms with Crippen molar-refractivity contribution in [1.29, 1.82) is 0 Å². The number of nitrogens with two attached hydrogens (primary N) is 1. The highest BCUT2D eigenvalue weighted by Crippen LogP contribution is 2.34. The predicted octanol–water partition coefficient (Wildman–Crippen LogP) is 3.30. The zero-order valence-electron chi connectivity index (χ0n) is 13.5. The van der Waals surface area contributed by atoms with E-state index in [2.05, 4.69) is 15.5 Å². The summed E-state index contributed by atoms with van der Waals surface area (Å²) in [6.45, 7) is 1.99. The lowest BCUT2D eigenvalue weighted by atomic mass is 9.74. The lowest BCUT2D eigenvalue weighted by Gasteiger charge is -2.37. The van der Waals surface area contributed by atoms with Gasteiger partial charge in [-0.25, -0.2) is 0 Å². The molecular weight excluding hydrogens is 276 g/mol. The molecule has 2 fully saturated rings. The molecule has 1 heterocycles. The van der Waals surface area contributed by atoms with Gasteiger partial charge in [0.15, 0.2) is 5.82 Å². The summed E-state index contributed by atoms with van der Waals surface area (Å²) in [4.78, 5) is 12.5. The third-order valence-electron chi connectivity index (χ3n) is 5.46. The Hall–Kier alpha value is -1.36. The van der Waals surface area contributed by atoms with Crippen molar-refractivity contribution in [2.75, 3.05) is 5.32 Å². The molecule has 5 nitrogen and oxygen atoms in total. The molecule has 0 radical (unpaired) electrons. The topological polar surface area (TPSA) is 83.8 Å². The van der Waals surface area contributed by atoms with Gasteiger partial charge in [0.1, 0.15) is 0 Å². The van der Waals surface area contributed by atoms with Gasteiger partial charge in [-0.1, -0.05) is 32.1 Å². The van der Waals surface area contributed by atoms with Gasteiger partial charge in [-0.15, -0.1) is 0 Å². The van der Waals surface area contributed by atoms with Crippen LogP contribution in [0.4, 0.5) is 5.82 Å². The van der Waals surface area contributed by atoms with Crippen LogP contribution in [0, 0.1) is 5.92 Å². The number of carbonyl (C=O) groups is 1. The summed E-state index contributed by atoms with van der Waals surface area (Å²) in [5, 5.41) is 10.4. The highest BCUT2D eigenvalue weighted by molar-refractivity contribution is 5.92. The maximum Gasteiger partial charge on any atom is 0.230 e. The number of carbonyl (C=O) groups excluding carboxylic acids is 1. The molecule has 0 aromatic carbocycles. The number of nitrogens with zero attached hydrogens (tertiary/aromatic N) is 1. The van der Waals surface area contributed by atoms with Gasteiger partial charge in [0.25, 0.3) is 0 Å². The molecule has 0 saturated heterocycles. The largest absolute Gasteiger partial charge is 0.325 e. The van der Waals surface area contributed by atoms with Gasteiger partial charge < -0.3 is 11.1 Å². The molecule has 1 aromatic rings. The smallest absolute Gasteiger partial charge is 0.230 e. The van der Waals surface area contributed by atoms with Crippen molar-refractivity contribution in [1.82, 2.24) is 10.2 Å². The van der Waals surface area contributed by atoms with Crippen molar-refractivity contribution in [3.05, 3.63) is 11.8 Å². The number of aromatic amines is 1. The highest BCUT2D eigenvalue weighted by atomic mass is 16.2. The molecule has 0 bridgehead atoms. The van der Waals surface area contributed by atoms with Gasteiger partial charge in [-0.2, -0.15) is 5.10 Å². The second-order valence-electron chi connectivity index (χ2n) is 7.34. The molecular formula is C17H28N4O. The summed E-state index contributed by atoms with van der Waals surface area (Å²) in [7, 11) is 0. The number of hydrogen-bond donors (Lipinski definition) is 3. The van der Waals surface area contributed by atoms with Crippen LogP contribution in [0.5, 0.6) is 0 Å². The summed E-state index contributed by atoms with van der Waals surface area (Å²) in [5.74, 6) is 1.12. The first kappa shape index (κ1) is 15.5. The van der Waals surface area contributed by atoms with E-state index in [0.29, 0.717) is 11.7 Å². The molecule has 2 aliphatic rings. The molecule has 122 valence electrons. The van der Waals surface area contributed by atoms with Crippen LogP contribution >= 0.6 is 0 Å². The molecule has 2 atom stereocenters. The van der Waals surface area contributed by atoms with Crippen LogP contribution in [0.15, 0.2) is 6.07 Å². The average Bonchev–Trinajstić information content (AvgIpc) is 2.96. The molecule has 1 aromatic heterocycles. The molecule has 2 unspecified atom stereocenters. The fourth-order valence-corrected chi connectivity index (χ4v) is 4.03. The van der Waals surface area contributed by atoms with E-state index >= 15 is 0 Å². The predicted molar refractivity (Wildman–Crippen MR) is 87.6 cm³/mol. The molecule has 3 rings (SSSR count). The first-order valence-electron chi connectivity index (χ1n) is 8.71. The van der Waals surface area contributed by atoms with E-state index in [1.165, 1.54) is 32.1 Å². The quantitative estimate of drug-likeness (QED) is 0.801. The number of amides is 1. The van der Waals surface area contributed by atoms with Gasteiger partial charge in [0, 0.05) is 23.2 Å². The Kier molecular flexibility index (Phi) is 4.52. The second-order valence-corrected chi connectivity index (χ2v) is 7.34. The van der Waals surface area contributed by atoms with Gasteiger partial charge in [0.2, 0.25) is 5.91 Å². The molecule has 5 heteroatoms. The summed E-state index contributed by atoms with van der Waals surface area (Å²) in [6.07, 6.45) is 10.3. The van der Waals surface area contributed by atoms with Gasteiger partial charge in [-0.05, 0) is 32.6 Å². The zero-order valence-corrected chi connectivity index (χ0v) is 13.5. The molecule has 22 heavy (non-hydrogen) atoms. The molecule has 2 aliphatic carbocycles. The minimum absolute atomic E-state index is 0.0198. The lowest BCUT2D eigenvalue weighted by molar-refractivity contribution is -0.122. The fraction of sp³-hybridized carbons (Fsp3) is 0.765. The van der Waals surface area contributed by atoms with E-state index in [4.69, 9.17) is 5.73 Å². The number of H-pyrrole nitrogens is 1. The normalized spacial score (nSPS) is 30.2. The Bertz CT molecular complexity index is 516. The first-order valence-corrected chi connectivity index (χ1v) is 8.71. The maximum atomic E-state index is 12.5. The van der Waals surface area contributed by atoms with Crippen LogP contribution < -0.4 is 11.1 Å². The zero-order chi connectivity index (χ0) is 15.6. The number of aromatic nitrogens is 2. The molecule has 1 amide bonds. The molecule has 2 saturated carbocycles. The van der Waals surface area contributed by atoms with E-state index in [9.17, 15) is 4.79 Å². The monoisotopic (exact) mass is 304 g/mol. The average molecular weight is 304 g/mol. The van der Waals surface area contributed by atoms with Crippen LogP contribution in [0.1, 0.15) is 76.3 Å². The highest BCUT2D eigenvalue weighted by Gasteiger charge is 2.38. The Morgan fingerprint density at radius 2 is 2.00 bits per heavy atom.